The molecule has 4 heteroatoms. The quantitative estimate of drug-likeness (QED) is 0.786. The number of hydrogen-bond donors (Lipinski definition) is 2. The lowest BCUT2D eigenvalue weighted by molar-refractivity contribution is 0.633. The Bertz CT molecular complexity index is 375. The third kappa shape index (κ3) is 2.94. The second kappa shape index (κ2) is 5.47. The number of aromatic nitrogens is 1. The van der Waals surface area contributed by atoms with Crippen LogP contribution in [0.15, 0.2) is 18.2 Å². The van der Waals surface area contributed by atoms with Gasteiger partial charge in [0.2, 0.25) is 0 Å². The molecule has 1 aliphatic rings. The highest BCUT2D eigenvalue weighted by Gasteiger charge is 2.11. The molecular formula is C12H16N4. The molecule has 1 aromatic heterocycles. The lowest BCUT2D eigenvalue weighted by atomic mass is 10.1. The molecule has 2 heterocycles. The third-order valence-electron chi connectivity index (χ3n) is 2.76. The summed E-state index contributed by atoms with van der Waals surface area (Å²) in [5, 5.41) is 15.5. The molecule has 1 aromatic rings. The van der Waals surface area contributed by atoms with Crippen LogP contribution in [0.25, 0.3) is 0 Å². The predicted octanol–water partition coefficient (Wildman–Crippen LogP) is 1.51. The van der Waals surface area contributed by atoms with Gasteiger partial charge >= 0.3 is 0 Å². The smallest absolute Gasteiger partial charge is 0.142 e. The summed E-state index contributed by atoms with van der Waals surface area (Å²) in [5.74, 6) is 0.799. The minimum Gasteiger partial charge on any atom is -0.366 e. The molecule has 0 spiro atoms. The molecule has 2 rings (SSSR count). The van der Waals surface area contributed by atoms with E-state index in [1.807, 2.05) is 12.1 Å². The molecule has 84 valence electrons. The van der Waals surface area contributed by atoms with Crippen molar-refractivity contribution in [1.29, 1.82) is 5.26 Å². The Morgan fingerprint density at radius 3 is 3.25 bits per heavy atom. The zero-order valence-corrected chi connectivity index (χ0v) is 9.24. The van der Waals surface area contributed by atoms with E-state index in [9.17, 15) is 0 Å². The van der Waals surface area contributed by atoms with Crippen LogP contribution in [0.2, 0.25) is 0 Å². The molecule has 0 amide bonds. The first-order chi connectivity index (χ1) is 7.88. The van der Waals surface area contributed by atoms with Gasteiger partial charge in [-0.25, -0.2) is 4.98 Å². The molecule has 1 atom stereocenters. The molecule has 1 aliphatic heterocycles. The Morgan fingerprint density at radius 2 is 2.38 bits per heavy atom. The van der Waals surface area contributed by atoms with Crippen molar-refractivity contribution < 1.29 is 0 Å². The van der Waals surface area contributed by atoms with E-state index in [4.69, 9.17) is 5.26 Å². The van der Waals surface area contributed by atoms with E-state index in [-0.39, 0.29) is 0 Å². The highest BCUT2D eigenvalue weighted by molar-refractivity contribution is 5.39. The number of nitrogens with one attached hydrogen (secondary N) is 2. The molecule has 1 fully saturated rings. The van der Waals surface area contributed by atoms with Gasteiger partial charge in [-0.2, -0.15) is 5.26 Å². The van der Waals surface area contributed by atoms with Gasteiger partial charge in [-0.15, -0.1) is 0 Å². The van der Waals surface area contributed by atoms with Crippen LogP contribution < -0.4 is 10.6 Å². The molecule has 1 saturated heterocycles. The van der Waals surface area contributed by atoms with Gasteiger partial charge < -0.3 is 10.6 Å². The number of nitriles is 1. The van der Waals surface area contributed by atoms with Crippen LogP contribution in [-0.2, 0) is 0 Å². The van der Waals surface area contributed by atoms with E-state index in [0.29, 0.717) is 11.7 Å². The number of hydrogen-bond acceptors (Lipinski definition) is 4. The Morgan fingerprint density at radius 1 is 1.44 bits per heavy atom. The first-order valence-corrected chi connectivity index (χ1v) is 5.73. The number of anilines is 1. The minimum absolute atomic E-state index is 0.420. The van der Waals surface area contributed by atoms with Gasteiger partial charge in [0.25, 0.3) is 0 Å². The first-order valence-electron chi connectivity index (χ1n) is 5.73. The van der Waals surface area contributed by atoms with Crippen LogP contribution in [0, 0.1) is 11.3 Å². The van der Waals surface area contributed by atoms with E-state index in [0.717, 1.165) is 25.3 Å². The fourth-order valence-corrected chi connectivity index (χ4v) is 1.93. The summed E-state index contributed by atoms with van der Waals surface area (Å²) in [6.45, 7) is 2.07. The zero-order chi connectivity index (χ0) is 11.2. The molecule has 0 radical (unpaired) electrons. The normalized spacial score (nSPS) is 20.8. The molecule has 0 aliphatic carbocycles. The summed E-state index contributed by atoms with van der Waals surface area (Å²) in [4.78, 5) is 4.22. The largest absolute Gasteiger partial charge is 0.366 e. The van der Waals surface area contributed by atoms with Crippen LogP contribution >= 0.6 is 0 Å². The molecule has 0 saturated carbocycles. The van der Waals surface area contributed by atoms with Crippen LogP contribution in [0.1, 0.15) is 25.0 Å². The van der Waals surface area contributed by atoms with Gasteiger partial charge in [0, 0.05) is 12.6 Å². The SMILES string of the molecule is N#Cc1cccc(NC2CCCCNC2)n1. The van der Waals surface area contributed by atoms with Gasteiger partial charge in [0.05, 0.1) is 0 Å². The molecule has 2 N–H and O–H groups in total. The summed E-state index contributed by atoms with van der Waals surface area (Å²) in [6.07, 6.45) is 3.64. The van der Waals surface area contributed by atoms with Crippen LogP contribution in [0.5, 0.6) is 0 Å². The van der Waals surface area contributed by atoms with Gasteiger partial charge in [-0.05, 0) is 31.5 Å². The predicted molar refractivity (Wildman–Crippen MR) is 63.1 cm³/mol. The van der Waals surface area contributed by atoms with E-state index < -0.39 is 0 Å². The van der Waals surface area contributed by atoms with Crippen molar-refractivity contribution in [2.75, 3.05) is 18.4 Å². The maximum atomic E-state index is 8.76. The van der Waals surface area contributed by atoms with Gasteiger partial charge in [0.15, 0.2) is 0 Å². The van der Waals surface area contributed by atoms with Crippen molar-refractivity contribution in [1.82, 2.24) is 10.3 Å². The number of rotatable bonds is 2. The fourth-order valence-electron chi connectivity index (χ4n) is 1.93. The van der Waals surface area contributed by atoms with Crippen LogP contribution in [0.4, 0.5) is 5.82 Å². The van der Waals surface area contributed by atoms with Crippen molar-refractivity contribution in [2.45, 2.75) is 25.3 Å². The second-order valence-corrected chi connectivity index (χ2v) is 4.06. The Kier molecular flexibility index (Phi) is 3.73. The van der Waals surface area contributed by atoms with Crippen molar-refractivity contribution in [3.05, 3.63) is 23.9 Å². The fraction of sp³-hybridized carbons (Fsp3) is 0.500. The number of nitrogens with zero attached hydrogens (tertiary/aromatic N) is 2. The molecule has 16 heavy (non-hydrogen) atoms. The summed E-state index contributed by atoms with van der Waals surface area (Å²) >= 11 is 0. The van der Waals surface area contributed by atoms with E-state index in [2.05, 4.69) is 21.7 Å². The molecule has 0 bridgehead atoms. The van der Waals surface area contributed by atoms with E-state index >= 15 is 0 Å². The zero-order valence-electron chi connectivity index (χ0n) is 9.24. The molecular weight excluding hydrogens is 200 g/mol. The monoisotopic (exact) mass is 216 g/mol. The lowest BCUT2D eigenvalue weighted by Gasteiger charge is -2.16. The maximum Gasteiger partial charge on any atom is 0.142 e. The average Bonchev–Trinajstić information content (AvgIpc) is 2.58. The van der Waals surface area contributed by atoms with Crippen LogP contribution in [0.3, 0.4) is 0 Å². The van der Waals surface area contributed by atoms with Gasteiger partial charge in [0.1, 0.15) is 17.6 Å². The van der Waals surface area contributed by atoms with Crippen molar-refractivity contribution in [3.8, 4) is 6.07 Å². The lowest BCUT2D eigenvalue weighted by Crippen LogP contribution is -2.31. The molecule has 1 unspecified atom stereocenters. The summed E-state index contributed by atoms with van der Waals surface area (Å²) < 4.78 is 0. The maximum absolute atomic E-state index is 8.76. The highest BCUT2D eigenvalue weighted by Crippen LogP contribution is 2.11. The Hall–Kier alpha value is -1.60. The van der Waals surface area contributed by atoms with E-state index in [1.165, 1.54) is 12.8 Å². The third-order valence-corrected chi connectivity index (χ3v) is 2.76. The molecule has 0 aromatic carbocycles. The van der Waals surface area contributed by atoms with Crippen molar-refractivity contribution in [2.24, 2.45) is 0 Å². The average molecular weight is 216 g/mol. The highest BCUT2D eigenvalue weighted by atomic mass is 15.0. The van der Waals surface area contributed by atoms with Crippen molar-refractivity contribution in [3.63, 3.8) is 0 Å². The second-order valence-electron chi connectivity index (χ2n) is 4.06. The Balaban J connectivity index is 1.99. The topological polar surface area (TPSA) is 60.7 Å². The summed E-state index contributed by atoms with van der Waals surface area (Å²) in [7, 11) is 0. The van der Waals surface area contributed by atoms with E-state index in [1.54, 1.807) is 6.07 Å². The number of pyridine rings is 1. The molecule has 4 nitrogen and oxygen atoms in total. The minimum atomic E-state index is 0.420. The van der Waals surface area contributed by atoms with Gasteiger partial charge in [-0.1, -0.05) is 12.5 Å². The van der Waals surface area contributed by atoms with Crippen LogP contribution in [-0.4, -0.2) is 24.1 Å². The summed E-state index contributed by atoms with van der Waals surface area (Å²) in [6, 6.07) is 7.96. The first kappa shape index (κ1) is 10.9. The summed E-state index contributed by atoms with van der Waals surface area (Å²) in [5.41, 5.74) is 0.464. The van der Waals surface area contributed by atoms with Crippen molar-refractivity contribution >= 4 is 5.82 Å². The standard InChI is InChI=1S/C12H16N4/c13-8-10-5-3-6-12(15-10)16-11-4-1-2-7-14-9-11/h3,5-6,11,14H,1-2,4,7,9H2,(H,15,16). The van der Waals surface area contributed by atoms with Gasteiger partial charge in [-0.3, -0.25) is 0 Å². The Labute approximate surface area is 95.7 Å².